The number of aromatic nitrogens is 4. The Morgan fingerprint density at radius 1 is 0.519 bits per heavy atom. The number of hydrogen-bond donors (Lipinski definition) is 20. The van der Waals surface area contributed by atoms with Gasteiger partial charge in [-0.05, 0) is 86.4 Å². The van der Waals surface area contributed by atoms with Crippen LogP contribution in [0.15, 0.2) is 97.7 Å². The highest BCUT2D eigenvalue weighted by Gasteiger charge is 2.47. The molecule has 18 amide bonds. The van der Waals surface area contributed by atoms with Crippen molar-refractivity contribution in [2.75, 3.05) is 58.9 Å². The number of aliphatic carboxylic acids is 1. The minimum atomic E-state index is -1.95. The van der Waals surface area contributed by atoms with E-state index in [2.05, 4.69) is 73.1 Å². The summed E-state index contributed by atoms with van der Waals surface area (Å²) in [4.78, 5) is 292. The number of thioether (sulfide) groups is 1. The summed E-state index contributed by atoms with van der Waals surface area (Å²) in [6.45, 7) is 2.14. The van der Waals surface area contributed by atoms with Gasteiger partial charge >= 0.3 is 5.97 Å². The number of H-pyrrole nitrogens is 3. The average molecular weight is 1900 g/mol. The van der Waals surface area contributed by atoms with Crippen molar-refractivity contribution < 1.29 is 112 Å². The van der Waals surface area contributed by atoms with Gasteiger partial charge in [0.1, 0.15) is 90.3 Å². The summed E-state index contributed by atoms with van der Waals surface area (Å²) >= 11 is 0.695. The third-order valence-corrected chi connectivity index (χ3v) is 25.0. The normalized spacial score (nSPS) is 24.7. The lowest BCUT2D eigenvalue weighted by Gasteiger charge is -2.36. The van der Waals surface area contributed by atoms with Gasteiger partial charge in [0.25, 0.3) is 0 Å². The number of fused-ring (bicyclic) bond motifs is 4. The first-order chi connectivity index (χ1) is 64.3. The standard InChI is InChI=1S/C89H120N22O23S/c1-7-9-20-67-82(127)99-58(28-30-75(119)120)78(123)106-66(77(122)96-41-73(92)117)44-135-45-74(118)98-62(32-48-23-25-52(113)26-24-48)85(130)107(4)47(3)76(121)103-64(37-72(91)116)88(133)110-31-15-22-68(110)83(128)102-61(35-51-40-93-46-97-51)80(125)100-59(27-29-71(90)115)87(132)111-42-53(114)36-70(111)84(129)101-60(33-49-38-94-56-18-13-11-16-54(49)56)79(124)105-65(43-112)81(126)104-63(34-50-39-95-57-19-14-12-17-55(50)57)86(131)109(6)69(21-10-8-2)89(134)108(67)5/h11-14,16-19,23-26,38-40,46-47,53,58-70,94-95,112-114H,7-10,15,20-22,27-37,41-45H2,1-6H3,(H2,90,115)(H2,91,116)(H2,92,117)(H,93,97)(H,96,122)(H,98,118)(H,99,127)(H,100,125)(H,101,129)(H,102,128)(H,103,121)(H,104,126)(H,105,124)(H,106,123)(H,119,120)/t47-,53+,58-,59-,60-,61-,62-,63-,64-,65-,66-,67-,68-,69-,70-/m0/s1. The minimum absolute atomic E-state index is 0.0620. The van der Waals surface area contributed by atoms with Crippen molar-refractivity contribution in [2.45, 2.75) is 227 Å². The quantitative estimate of drug-likeness (QED) is 0.0245. The molecule has 0 unspecified atom stereocenters. The van der Waals surface area contributed by atoms with Crippen LogP contribution in [0.1, 0.15) is 133 Å². The van der Waals surface area contributed by atoms with Gasteiger partial charge in [0.05, 0.1) is 43.5 Å². The highest BCUT2D eigenvalue weighted by atomic mass is 32.2. The van der Waals surface area contributed by atoms with Crippen LogP contribution in [0.3, 0.4) is 0 Å². The number of carbonyl (C=O) groups is 19. The zero-order valence-corrected chi connectivity index (χ0v) is 76.6. The Morgan fingerprint density at radius 3 is 1.64 bits per heavy atom. The van der Waals surface area contributed by atoms with Gasteiger partial charge in [-0.15, -0.1) is 11.8 Å². The molecule has 730 valence electrons. The average Bonchev–Trinajstić information content (AvgIpc) is 1.66. The Morgan fingerprint density at radius 2 is 1.04 bits per heavy atom. The van der Waals surface area contributed by atoms with E-state index in [-0.39, 0.29) is 75.8 Å². The molecular weight excluding hydrogens is 1780 g/mol. The number of carbonyl (C=O) groups excluding carboxylic acids is 18. The van der Waals surface area contributed by atoms with E-state index in [1.54, 1.807) is 67.8 Å². The van der Waals surface area contributed by atoms with E-state index in [0.717, 1.165) is 24.5 Å². The maximum absolute atomic E-state index is 15.7. The van der Waals surface area contributed by atoms with Gasteiger partial charge in [-0.1, -0.05) is 88.1 Å². The van der Waals surface area contributed by atoms with Crippen molar-refractivity contribution in [3.8, 4) is 5.75 Å². The van der Waals surface area contributed by atoms with Gasteiger partial charge in [-0.25, -0.2) is 4.98 Å². The zero-order valence-electron chi connectivity index (χ0n) is 75.7. The molecule has 0 bridgehead atoms. The molecule has 46 heteroatoms. The number of para-hydroxylation sites is 2. The molecule has 3 aromatic heterocycles. The third kappa shape index (κ3) is 29.0. The molecule has 0 saturated carbocycles. The number of primary amides is 3. The largest absolute Gasteiger partial charge is 0.508 e. The topological polar surface area (TPSA) is 680 Å². The van der Waals surface area contributed by atoms with E-state index in [1.807, 2.05) is 6.92 Å². The number of amides is 18. The Kier molecular flexibility index (Phi) is 38.5. The number of aliphatic hydroxyl groups excluding tert-OH is 2. The molecule has 0 radical (unpaired) electrons. The molecule has 135 heavy (non-hydrogen) atoms. The number of nitrogens with zero attached hydrogens (tertiary/aromatic N) is 6. The summed E-state index contributed by atoms with van der Waals surface area (Å²) < 4.78 is 0. The molecular formula is C89H120N22O23S. The van der Waals surface area contributed by atoms with Gasteiger partial charge in [0.2, 0.25) is 106 Å². The van der Waals surface area contributed by atoms with Gasteiger partial charge in [-0.2, -0.15) is 0 Å². The van der Waals surface area contributed by atoms with Gasteiger partial charge in [0, 0.05) is 125 Å². The van der Waals surface area contributed by atoms with Gasteiger partial charge in [0.15, 0.2) is 0 Å². The number of aromatic amines is 3. The van der Waals surface area contributed by atoms with Crippen LogP contribution in [-0.4, -0.2) is 327 Å². The molecule has 23 N–H and O–H groups in total. The number of hydrogen-bond acceptors (Lipinski definition) is 24. The molecule has 15 atom stereocenters. The van der Waals surface area contributed by atoms with E-state index >= 15 is 38.4 Å². The number of phenols is 1. The lowest BCUT2D eigenvalue weighted by molar-refractivity contribution is -0.149. The molecule has 6 aromatic rings. The van der Waals surface area contributed by atoms with Crippen molar-refractivity contribution in [3.05, 3.63) is 120 Å². The van der Waals surface area contributed by atoms with Crippen LogP contribution < -0.4 is 70.4 Å². The fraction of sp³-hybridized carbons (Fsp3) is 0.506. The van der Waals surface area contributed by atoms with Crippen LogP contribution in [0.2, 0.25) is 0 Å². The third-order valence-electron chi connectivity index (χ3n) is 23.9. The number of benzene rings is 3. The number of nitrogens with two attached hydrogens (primary N) is 3. The fourth-order valence-corrected chi connectivity index (χ4v) is 17.2. The van der Waals surface area contributed by atoms with Crippen LogP contribution in [-0.2, 0) is 117 Å². The summed E-state index contributed by atoms with van der Waals surface area (Å²) in [5.41, 5.74) is 19.4. The second kappa shape index (κ2) is 49.6. The lowest BCUT2D eigenvalue weighted by atomic mass is 10.00. The fourth-order valence-electron chi connectivity index (χ4n) is 16.4. The van der Waals surface area contributed by atoms with Gasteiger partial charge in [-0.3, -0.25) is 91.1 Å². The summed E-state index contributed by atoms with van der Waals surface area (Å²) in [7, 11) is 3.75. The molecule has 3 aliphatic rings. The first-order valence-electron chi connectivity index (χ1n) is 44.5. The van der Waals surface area contributed by atoms with E-state index in [1.165, 1.54) is 64.9 Å². The number of nitrogens with one attached hydrogen (secondary N) is 13. The van der Waals surface area contributed by atoms with Crippen molar-refractivity contribution in [2.24, 2.45) is 17.2 Å². The maximum Gasteiger partial charge on any atom is 0.303 e. The maximum atomic E-state index is 15.7. The predicted molar refractivity (Wildman–Crippen MR) is 486 cm³/mol. The number of phenolic OH excluding ortho intramolecular Hbond substituents is 1. The first-order valence-corrected chi connectivity index (χ1v) is 45.7. The summed E-state index contributed by atoms with van der Waals surface area (Å²) in [5, 5.41) is 69.5. The number of imidazole rings is 1. The molecule has 3 saturated heterocycles. The highest BCUT2D eigenvalue weighted by Crippen LogP contribution is 2.28. The summed E-state index contributed by atoms with van der Waals surface area (Å²) in [6, 6.07) is -4.06. The van der Waals surface area contributed by atoms with Crippen LogP contribution >= 0.6 is 11.8 Å². The summed E-state index contributed by atoms with van der Waals surface area (Å²) in [6.07, 6.45) is 0.340. The second-order valence-corrected chi connectivity index (χ2v) is 34.8. The van der Waals surface area contributed by atoms with Crippen molar-refractivity contribution in [3.63, 3.8) is 0 Å². The van der Waals surface area contributed by atoms with Crippen molar-refractivity contribution in [1.82, 2.24) is 97.6 Å². The van der Waals surface area contributed by atoms with E-state index < -0.39 is 279 Å². The number of unbranched alkanes of at least 4 members (excludes halogenated alkanes) is 2. The zero-order chi connectivity index (χ0) is 98.6. The predicted octanol–water partition coefficient (Wildman–Crippen LogP) is -4.11. The highest BCUT2D eigenvalue weighted by molar-refractivity contribution is 8.00. The molecule has 3 aromatic carbocycles. The van der Waals surface area contributed by atoms with E-state index in [9.17, 15) is 73.2 Å². The number of carboxylic acid groups (broad SMARTS) is 1. The number of aromatic hydroxyl groups is 1. The molecule has 6 heterocycles. The summed E-state index contributed by atoms with van der Waals surface area (Å²) in [5.74, 6) is -21.2. The molecule has 3 aliphatic heterocycles. The first kappa shape index (κ1) is 105. The van der Waals surface area contributed by atoms with E-state index in [0.29, 0.717) is 63.1 Å². The van der Waals surface area contributed by atoms with Crippen molar-refractivity contribution in [1.29, 1.82) is 0 Å². The van der Waals surface area contributed by atoms with Crippen LogP contribution in [0.25, 0.3) is 21.8 Å². The van der Waals surface area contributed by atoms with Crippen LogP contribution in [0.5, 0.6) is 5.75 Å². The minimum Gasteiger partial charge on any atom is -0.508 e. The Bertz CT molecular complexity index is 5280. The number of rotatable bonds is 26. The Balaban J connectivity index is 1.10. The van der Waals surface area contributed by atoms with Gasteiger partial charge < -0.3 is 130 Å². The molecule has 9 rings (SSSR count). The smallest absolute Gasteiger partial charge is 0.303 e. The molecule has 0 aliphatic carbocycles. The van der Waals surface area contributed by atoms with Crippen LogP contribution in [0.4, 0.5) is 0 Å². The molecule has 3 fully saturated rings. The number of aliphatic hydroxyl groups is 2. The van der Waals surface area contributed by atoms with Crippen LogP contribution in [0, 0.1) is 0 Å². The van der Waals surface area contributed by atoms with Crippen molar-refractivity contribution >= 4 is 146 Å². The monoisotopic (exact) mass is 1900 g/mol. The lowest BCUT2D eigenvalue weighted by Crippen LogP contribution is -2.62. The Labute approximate surface area is 780 Å². The van der Waals surface area contributed by atoms with E-state index in [4.69, 9.17) is 17.2 Å². The SMILES string of the molecule is CCCC[C@H]1C(=O)N(C)[C@@H](CCCC)C(=O)N[C@@H](CCC(=O)O)C(=O)N[C@H](C(=O)NCC(N)=O)CSCC(=O)N[C@@H](Cc2ccc(O)cc2)C(=O)N(C)[C@@H](C)C(=O)N[C@@H](CC(N)=O)C(=O)N2CCC[C@H]2C(=O)N[C@@H](Cc2c[nH]cn2)C(=O)N[C@@H](CCC(N)=O)C(=O)N2C[C@H](O)C[C@H]2C(=O)N[C@@H](Cc2c[nH]c3ccccc23)C(=O)N[C@@H](CO)C(=O)N[C@@H](Cc2c[nH]c3ccccc23)C(=O)N1C. The second-order valence-electron chi connectivity index (χ2n) is 33.8. The molecule has 45 nitrogen and oxygen atoms in total. The Hall–Kier alpha value is -14.1. The number of likely N-dealkylation sites (N-methyl/N-ethyl adjacent to an activating group) is 3. The number of carboxylic acids is 1. The molecule has 0 spiro atoms.